The van der Waals surface area contributed by atoms with Crippen molar-refractivity contribution in [2.24, 2.45) is 5.84 Å². The van der Waals surface area contributed by atoms with Gasteiger partial charge in [-0.2, -0.15) is 0 Å². The number of nitrogen functional groups attached to an aromatic ring is 1. The van der Waals surface area contributed by atoms with Crippen LogP contribution in [0.1, 0.15) is 10.4 Å². The van der Waals surface area contributed by atoms with Gasteiger partial charge in [0.1, 0.15) is 0 Å². The van der Waals surface area contributed by atoms with E-state index in [1.165, 1.54) is 0 Å². The summed E-state index contributed by atoms with van der Waals surface area (Å²) >= 11 is 1.54. The van der Waals surface area contributed by atoms with E-state index >= 15 is 0 Å². The van der Waals surface area contributed by atoms with Crippen molar-refractivity contribution in [3.05, 3.63) is 35.2 Å². The second-order valence-electron chi connectivity index (χ2n) is 2.62. The highest BCUT2D eigenvalue weighted by Gasteiger charge is 2.09. The highest BCUT2D eigenvalue weighted by Crippen LogP contribution is 2.25. The number of carbonyl (C=O) groups excluding carboxylic acids is 1. The lowest BCUT2D eigenvalue weighted by atomic mass is 10.2. The first kappa shape index (κ1) is 8.22. The van der Waals surface area contributed by atoms with Crippen molar-refractivity contribution in [1.29, 1.82) is 0 Å². The Morgan fingerprint density at radius 1 is 1.38 bits per heavy atom. The molecule has 0 atom stereocenters. The number of rotatable bonds is 1. The summed E-state index contributed by atoms with van der Waals surface area (Å²) in [5.74, 6) is 4.82. The maximum absolute atomic E-state index is 11.3. The Morgan fingerprint density at radius 3 is 2.92 bits per heavy atom. The number of carbonyl (C=O) groups is 1. The SMILES string of the molecule is NNC(=O)c1csc2ccccc12. The average molecular weight is 192 g/mol. The van der Waals surface area contributed by atoms with Crippen molar-refractivity contribution >= 4 is 27.3 Å². The molecule has 13 heavy (non-hydrogen) atoms. The fourth-order valence-corrected chi connectivity index (χ4v) is 2.17. The predicted molar refractivity (Wildman–Crippen MR) is 53.5 cm³/mol. The lowest BCUT2D eigenvalue weighted by Gasteiger charge is -1.95. The molecule has 0 aliphatic carbocycles. The Hall–Kier alpha value is -1.39. The molecule has 0 aliphatic rings. The Bertz CT molecular complexity index is 450. The van der Waals surface area contributed by atoms with E-state index in [1.807, 2.05) is 29.6 Å². The van der Waals surface area contributed by atoms with Crippen LogP contribution in [0.15, 0.2) is 29.6 Å². The molecule has 0 bridgehead atoms. The quantitative estimate of drug-likeness (QED) is 0.409. The number of nitrogens with two attached hydrogens (primary N) is 1. The third-order valence-electron chi connectivity index (χ3n) is 1.86. The van der Waals surface area contributed by atoms with E-state index in [0.29, 0.717) is 5.56 Å². The zero-order valence-electron chi connectivity index (χ0n) is 6.78. The molecule has 4 heteroatoms. The lowest BCUT2D eigenvalue weighted by Crippen LogP contribution is -2.29. The van der Waals surface area contributed by atoms with Crippen molar-refractivity contribution < 1.29 is 4.79 Å². The lowest BCUT2D eigenvalue weighted by molar-refractivity contribution is 0.0955. The van der Waals surface area contributed by atoms with Crippen LogP contribution in [0.3, 0.4) is 0 Å². The third kappa shape index (κ3) is 1.30. The van der Waals surface area contributed by atoms with Crippen molar-refractivity contribution in [3.8, 4) is 0 Å². The van der Waals surface area contributed by atoms with E-state index in [0.717, 1.165) is 10.1 Å². The van der Waals surface area contributed by atoms with E-state index in [9.17, 15) is 4.79 Å². The van der Waals surface area contributed by atoms with E-state index in [4.69, 9.17) is 5.84 Å². The van der Waals surface area contributed by atoms with E-state index in [2.05, 4.69) is 5.43 Å². The number of amides is 1. The van der Waals surface area contributed by atoms with Gasteiger partial charge in [0, 0.05) is 15.5 Å². The maximum Gasteiger partial charge on any atom is 0.266 e. The van der Waals surface area contributed by atoms with E-state index < -0.39 is 0 Å². The second-order valence-corrected chi connectivity index (χ2v) is 3.53. The summed E-state index contributed by atoms with van der Waals surface area (Å²) in [4.78, 5) is 11.3. The molecule has 0 fully saturated rings. The summed E-state index contributed by atoms with van der Waals surface area (Å²) in [6.45, 7) is 0. The molecule has 0 unspecified atom stereocenters. The number of hydrogen-bond acceptors (Lipinski definition) is 3. The van der Waals surface area contributed by atoms with Crippen molar-refractivity contribution in [3.63, 3.8) is 0 Å². The molecule has 1 aromatic heterocycles. The minimum Gasteiger partial charge on any atom is -0.290 e. The molecule has 2 aromatic rings. The highest BCUT2D eigenvalue weighted by atomic mass is 32.1. The average Bonchev–Trinajstić information content (AvgIpc) is 2.60. The van der Waals surface area contributed by atoms with E-state index in [-0.39, 0.29) is 5.91 Å². The topological polar surface area (TPSA) is 55.1 Å². The molecular formula is C9H8N2OS. The van der Waals surface area contributed by atoms with Crippen LogP contribution in [0.2, 0.25) is 0 Å². The molecule has 2 rings (SSSR count). The van der Waals surface area contributed by atoms with Gasteiger partial charge in [0.15, 0.2) is 0 Å². The summed E-state index contributed by atoms with van der Waals surface area (Å²) in [5.41, 5.74) is 2.77. The molecular weight excluding hydrogens is 184 g/mol. The number of thiophene rings is 1. The van der Waals surface area contributed by atoms with Gasteiger partial charge in [0.25, 0.3) is 5.91 Å². The number of benzene rings is 1. The first-order chi connectivity index (χ1) is 6.33. The fourth-order valence-electron chi connectivity index (χ4n) is 1.23. The molecule has 1 heterocycles. The van der Waals surface area contributed by atoms with Crippen molar-refractivity contribution in [2.45, 2.75) is 0 Å². The molecule has 0 spiro atoms. The molecule has 66 valence electrons. The van der Waals surface area contributed by atoms with Gasteiger partial charge in [-0.25, -0.2) is 5.84 Å². The number of hydrazine groups is 1. The van der Waals surface area contributed by atoms with Gasteiger partial charge < -0.3 is 0 Å². The van der Waals surface area contributed by atoms with Gasteiger partial charge in [-0.15, -0.1) is 11.3 Å². The van der Waals surface area contributed by atoms with Crippen LogP contribution >= 0.6 is 11.3 Å². The molecule has 0 saturated carbocycles. The minimum atomic E-state index is -0.238. The normalized spacial score (nSPS) is 10.2. The number of nitrogens with one attached hydrogen (secondary N) is 1. The summed E-state index contributed by atoms with van der Waals surface area (Å²) in [7, 11) is 0. The Morgan fingerprint density at radius 2 is 2.15 bits per heavy atom. The summed E-state index contributed by atoms with van der Waals surface area (Å²) in [6.07, 6.45) is 0. The molecule has 3 nitrogen and oxygen atoms in total. The highest BCUT2D eigenvalue weighted by molar-refractivity contribution is 7.17. The van der Waals surface area contributed by atoms with E-state index in [1.54, 1.807) is 11.3 Å². The smallest absolute Gasteiger partial charge is 0.266 e. The molecule has 1 amide bonds. The monoisotopic (exact) mass is 192 g/mol. The van der Waals surface area contributed by atoms with Crippen LogP contribution in [-0.4, -0.2) is 5.91 Å². The number of fused-ring (bicyclic) bond motifs is 1. The zero-order valence-corrected chi connectivity index (χ0v) is 7.60. The standard InChI is InChI=1S/C9H8N2OS/c10-11-9(12)7-5-13-8-4-2-1-3-6(7)8/h1-5H,10H2,(H,11,12). The van der Waals surface area contributed by atoms with Crippen molar-refractivity contribution in [2.75, 3.05) is 0 Å². The van der Waals surface area contributed by atoms with Crippen LogP contribution in [-0.2, 0) is 0 Å². The van der Waals surface area contributed by atoms with Gasteiger partial charge in [-0.05, 0) is 6.07 Å². The molecule has 0 aliphatic heterocycles. The first-order valence-corrected chi connectivity index (χ1v) is 4.68. The summed E-state index contributed by atoms with van der Waals surface area (Å²) < 4.78 is 1.10. The maximum atomic E-state index is 11.3. The Balaban J connectivity index is 2.64. The third-order valence-corrected chi connectivity index (χ3v) is 2.82. The molecule has 0 saturated heterocycles. The Labute approximate surface area is 79.1 Å². The summed E-state index contributed by atoms with van der Waals surface area (Å²) in [5, 5.41) is 2.77. The summed E-state index contributed by atoms with van der Waals surface area (Å²) in [6, 6.07) is 7.75. The van der Waals surface area contributed by atoms with Crippen LogP contribution in [0, 0.1) is 0 Å². The van der Waals surface area contributed by atoms with Crippen LogP contribution in [0.5, 0.6) is 0 Å². The largest absolute Gasteiger partial charge is 0.290 e. The van der Waals surface area contributed by atoms with Crippen LogP contribution in [0.4, 0.5) is 0 Å². The molecule has 0 radical (unpaired) electrons. The van der Waals surface area contributed by atoms with Gasteiger partial charge >= 0.3 is 0 Å². The van der Waals surface area contributed by atoms with Gasteiger partial charge in [0.2, 0.25) is 0 Å². The molecule has 1 aromatic carbocycles. The fraction of sp³-hybridized carbons (Fsp3) is 0. The minimum absolute atomic E-state index is 0.238. The van der Waals surface area contributed by atoms with Gasteiger partial charge in [-0.3, -0.25) is 10.2 Å². The second kappa shape index (κ2) is 3.16. The first-order valence-electron chi connectivity index (χ1n) is 3.80. The predicted octanol–water partition coefficient (Wildman–Crippen LogP) is 1.50. The van der Waals surface area contributed by atoms with Gasteiger partial charge in [0.05, 0.1) is 5.56 Å². The number of hydrogen-bond donors (Lipinski definition) is 2. The zero-order chi connectivity index (χ0) is 9.26. The van der Waals surface area contributed by atoms with Crippen molar-refractivity contribution in [1.82, 2.24) is 5.43 Å². The van der Waals surface area contributed by atoms with Crippen LogP contribution in [0.25, 0.3) is 10.1 Å². The molecule has 3 N–H and O–H groups in total. The van der Waals surface area contributed by atoms with Crippen LogP contribution < -0.4 is 11.3 Å². The Kier molecular flexibility index (Phi) is 2.00. The van der Waals surface area contributed by atoms with Gasteiger partial charge in [-0.1, -0.05) is 18.2 Å².